The molecule has 4 rings (SSSR count). The molecule has 0 unspecified atom stereocenters. The number of aliphatic hydroxyl groups excluding tert-OH is 1. The van der Waals surface area contributed by atoms with E-state index in [0.29, 0.717) is 25.4 Å². The van der Waals surface area contributed by atoms with Gasteiger partial charge in [-0.25, -0.2) is 0 Å². The molecule has 39 heavy (non-hydrogen) atoms. The number of aryl methyl sites for hydroxylation is 1. The van der Waals surface area contributed by atoms with E-state index >= 15 is 0 Å². The van der Waals surface area contributed by atoms with E-state index in [2.05, 4.69) is 56.4 Å². The molecular formula is C33H43NO4Si. The van der Waals surface area contributed by atoms with Crippen molar-refractivity contribution in [3.63, 3.8) is 0 Å². The number of carbonyl (C=O) groups excluding carboxylic acids is 1. The Kier molecular flexibility index (Phi) is 10.0. The third kappa shape index (κ3) is 7.18. The quantitative estimate of drug-likeness (QED) is 0.309. The van der Waals surface area contributed by atoms with Crippen LogP contribution >= 0.6 is 0 Å². The van der Waals surface area contributed by atoms with Crippen LogP contribution in [-0.4, -0.2) is 56.5 Å². The van der Waals surface area contributed by atoms with Gasteiger partial charge in [0.15, 0.2) is 0 Å². The molecule has 3 aromatic rings. The minimum atomic E-state index is -2.05. The molecule has 1 saturated heterocycles. The molecule has 1 heterocycles. The predicted molar refractivity (Wildman–Crippen MR) is 160 cm³/mol. The molecule has 1 aliphatic rings. The van der Waals surface area contributed by atoms with Crippen molar-refractivity contribution in [3.05, 3.63) is 96.1 Å². The lowest BCUT2D eigenvalue weighted by atomic mass is 9.95. The minimum absolute atomic E-state index is 0.0401. The molecule has 1 amide bonds. The molecule has 1 N–H and O–H groups in total. The van der Waals surface area contributed by atoms with Gasteiger partial charge in [0.25, 0.3) is 0 Å². The summed E-state index contributed by atoms with van der Waals surface area (Å²) >= 11 is 0. The summed E-state index contributed by atoms with van der Waals surface area (Å²) in [4.78, 5) is 15.5. The van der Waals surface area contributed by atoms with Gasteiger partial charge in [-0.2, -0.15) is 0 Å². The molecule has 4 atom stereocenters. The summed E-state index contributed by atoms with van der Waals surface area (Å²) in [6.45, 7) is 7.88. The number of carbonyl (C=O) groups is 1. The van der Waals surface area contributed by atoms with E-state index in [1.807, 2.05) is 48.5 Å². The van der Waals surface area contributed by atoms with Crippen LogP contribution in [0.15, 0.2) is 84.9 Å². The maximum atomic E-state index is 13.7. The van der Waals surface area contributed by atoms with E-state index in [1.54, 1.807) is 12.0 Å². The summed E-state index contributed by atoms with van der Waals surface area (Å²) in [5.74, 6) is 1.22. The molecule has 0 aliphatic carbocycles. The van der Waals surface area contributed by atoms with Gasteiger partial charge in [-0.3, -0.25) is 4.79 Å². The molecule has 3 aromatic carbocycles. The third-order valence-electron chi connectivity index (χ3n) is 8.45. The van der Waals surface area contributed by atoms with Crippen LogP contribution in [0.3, 0.4) is 0 Å². The van der Waals surface area contributed by atoms with E-state index < -0.39 is 8.07 Å². The number of benzene rings is 3. The van der Waals surface area contributed by atoms with Gasteiger partial charge in [0, 0.05) is 13.1 Å². The first kappa shape index (κ1) is 29.1. The maximum absolute atomic E-state index is 13.7. The molecule has 0 saturated carbocycles. The fraction of sp³-hybridized carbons (Fsp3) is 0.424. The fourth-order valence-corrected chi connectivity index (χ4v) is 10.4. The van der Waals surface area contributed by atoms with Crippen LogP contribution in [0.5, 0.6) is 5.75 Å². The summed E-state index contributed by atoms with van der Waals surface area (Å²) in [5, 5.41) is 11.1. The first-order valence-corrected chi connectivity index (χ1v) is 17.2. The van der Waals surface area contributed by atoms with Crippen LogP contribution in [-0.2, 0) is 22.5 Å². The highest BCUT2D eigenvalue weighted by molar-refractivity contribution is 6.91. The Labute approximate surface area is 234 Å². The van der Waals surface area contributed by atoms with Crippen molar-refractivity contribution in [2.24, 2.45) is 5.92 Å². The van der Waals surface area contributed by atoms with Crippen molar-refractivity contribution in [2.45, 2.75) is 63.6 Å². The Morgan fingerprint density at radius 1 is 0.923 bits per heavy atom. The first-order valence-electron chi connectivity index (χ1n) is 14.1. The molecule has 0 radical (unpaired) electrons. The number of aliphatic hydroxyl groups is 1. The largest absolute Gasteiger partial charge is 0.497 e. The highest BCUT2D eigenvalue weighted by Crippen LogP contribution is 2.46. The topological polar surface area (TPSA) is 59.0 Å². The Morgan fingerprint density at radius 3 is 2.13 bits per heavy atom. The van der Waals surface area contributed by atoms with Gasteiger partial charge in [0.05, 0.1) is 40.4 Å². The van der Waals surface area contributed by atoms with Crippen molar-refractivity contribution in [2.75, 3.05) is 20.3 Å². The summed E-state index contributed by atoms with van der Waals surface area (Å²) in [6.07, 6.45) is 2.16. The van der Waals surface area contributed by atoms with Gasteiger partial charge in [-0.1, -0.05) is 98.0 Å². The summed E-state index contributed by atoms with van der Waals surface area (Å²) in [7, 11) is -0.362. The molecule has 5 nitrogen and oxygen atoms in total. The number of methoxy groups -OCH3 is 1. The molecule has 6 heteroatoms. The van der Waals surface area contributed by atoms with Gasteiger partial charge in [-0.15, -0.1) is 0 Å². The Morgan fingerprint density at radius 2 is 1.54 bits per heavy atom. The van der Waals surface area contributed by atoms with E-state index in [4.69, 9.17) is 9.47 Å². The van der Waals surface area contributed by atoms with Crippen molar-refractivity contribution in [1.82, 2.24) is 4.90 Å². The molecule has 208 valence electrons. The molecule has 0 spiro atoms. The van der Waals surface area contributed by atoms with Gasteiger partial charge in [0.1, 0.15) is 5.75 Å². The lowest BCUT2D eigenvalue weighted by molar-refractivity contribution is -0.135. The summed E-state index contributed by atoms with van der Waals surface area (Å²) in [5.41, 5.74) is 2.65. The number of amides is 1. The smallest absolute Gasteiger partial charge is 0.225 e. The van der Waals surface area contributed by atoms with E-state index in [0.717, 1.165) is 24.2 Å². The summed E-state index contributed by atoms with van der Waals surface area (Å²) in [6, 6.07) is 29.0. The lowest BCUT2D eigenvalue weighted by Crippen LogP contribution is -2.51. The Balaban J connectivity index is 1.57. The van der Waals surface area contributed by atoms with E-state index in [1.165, 1.54) is 10.8 Å². The van der Waals surface area contributed by atoms with Crippen LogP contribution in [0.4, 0.5) is 0 Å². The van der Waals surface area contributed by atoms with Crippen molar-refractivity contribution < 1.29 is 19.4 Å². The maximum Gasteiger partial charge on any atom is 0.225 e. The zero-order valence-corrected chi connectivity index (χ0v) is 24.8. The highest BCUT2D eigenvalue weighted by Gasteiger charge is 2.51. The highest BCUT2D eigenvalue weighted by atomic mass is 28.3. The number of rotatable bonds is 12. The third-order valence-corrected chi connectivity index (χ3v) is 12.8. The molecule has 0 aromatic heterocycles. The fourth-order valence-electron chi connectivity index (χ4n) is 6.32. The number of hydrogen-bond donors (Lipinski definition) is 1. The van der Waals surface area contributed by atoms with Crippen molar-refractivity contribution in [3.8, 4) is 5.75 Å². The van der Waals surface area contributed by atoms with Gasteiger partial charge in [-0.05, 0) is 47.6 Å². The first-order chi connectivity index (χ1) is 18.8. The van der Waals surface area contributed by atoms with Crippen molar-refractivity contribution >= 4 is 19.2 Å². The minimum Gasteiger partial charge on any atom is -0.497 e. The van der Waals surface area contributed by atoms with E-state index in [-0.39, 0.29) is 30.3 Å². The average molecular weight is 546 g/mol. The van der Waals surface area contributed by atoms with Crippen LogP contribution < -0.4 is 9.92 Å². The van der Waals surface area contributed by atoms with Crippen LogP contribution in [0, 0.1) is 5.92 Å². The second-order valence-electron chi connectivity index (χ2n) is 11.3. The van der Waals surface area contributed by atoms with Gasteiger partial charge in [0.2, 0.25) is 5.91 Å². The Bertz CT molecular complexity index is 1170. The zero-order chi connectivity index (χ0) is 27.8. The van der Waals surface area contributed by atoms with Gasteiger partial charge < -0.3 is 19.5 Å². The van der Waals surface area contributed by atoms with Crippen LogP contribution in [0.2, 0.25) is 18.6 Å². The van der Waals surface area contributed by atoms with Gasteiger partial charge >= 0.3 is 0 Å². The molecular weight excluding hydrogens is 502 g/mol. The number of nitrogens with zero attached hydrogens (tertiary/aromatic N) is 1. The zero-order valence-electron chi connectivity index (χ0n) is 23.8. The molecule has 1 aliphatic heterocycles. The normalized spacial score (nSPS) is 21.1. The van der Waals surface area contributed by atoms with Crippen LogP contribution in [0.1, 0.15) is 30.9 Å². The second-order valence-corrected chi connectivity index (χ2v) is 16.0. The lowest BCUT2D eigenvalue weighted by Gasteiger charge is -2.36. The number of hydrogen-bond acceptors (Lipinski definition) is 4. The SMILES string of the molecule is COc1ccc([Si](C)(C)[C@@H]2[C@@H](C)[C@@H](CCc3ccccc3)O[C@H]2CC(=O)N(CCO)Cc2ccccc2)cc1. The summed E-state index contributed by atoms with van der Waals surface area (Å²) < 4.78 is 12.2. The predicted octanol–water partition coefficient (Wildman–Crippen LogP) is 5.43. The Hall–Kier alpha value is -2.93. The molecule has 1 fully saturated rings. The standard InChI is InChI=1S/C33H43NO4Si/c1-25-30(20-15-26-11-7-5-8-12-26)38-31(33(25)39(3,4)29-18-16-28(37-2)17-19-29)23-32(36)34(21-22-35)24-27-13-9-6-10-14-27/h5-14,16-19,25,30-31,33,35H,15,20-24H2,1-4H3/t25-,30+,31-,33+/m0/s1. The number of ether oxygens (including phenoxy) is 2. The van der Waals surface area contributed by atoms with Crippen LogP contribution in [0.25, 0.3) is 0 Å². The monoisotopic (exact) mass is 545 g/mol. The van der Waals surface area contributed by atoms with Crippen molar-refractivity contribution in [1.29, 1.82) is 0 Å². The second kappa shape index (κ2) is 13.4. The molecule has 0 bridgehead atoms. The average Bonchev–Trinajstić information content (AvgIpc) is 3.27. The van der Waals surface area contributed by atoms with E-state index in [9.17, 15) is 9.90 Å².